The van der Waals surface area contributed by atoms with Crippen LogP contribution in [0, 0.1) is 5.41 Å². The molecule has 1 aliphatic carbocycles. The Hall–Kier alpha value is -1.69. The van der Waals surface area contributed by atoms with E-state index in [0.717, 1.165) is 62.5 Å². The van der Waals surface area contributed by atoms with Gasteiger partial charge in [-0.2, -0.15) is 0 Å². The summed E-state index contributed by atoms with van der Waals surface area (Å²) in [6, 6.07) is 12.1. The van der Waals surface area contributed by atoms with Crippen molar-refractivity contribution in [3.05, 3.63) is 42.2 Å². The lowest BCUT2D eigenvalue weighted by Crippen LogP contribution is -2.62. The molecular weight excluding hydrogens is 316 g/mol. The number of benzene rings is 1. The number of ether oxygens (including phenoxy) is 1. The van der Waals surface area contributed by atoms with Gasteiger partial charge in [0.2, 0.25) is 0 Å². The fraction of sp³-hybridized carbons (Fsp3) is 0.550. The Morgan fingerprint density at radius 1 is 1.28 bits per heavy atom. The van der Waals surface area contributed by atoms with Crippen molar-refractivity contribution in [1.29, 1.82) is 0 Å². The topological polar surface area (TPSA) is 58.7 Å². The second-order valence-electron chi connectivity index (χ2n) is 7.25. The SMILES string of the molecule is CCOC1CC(O)C12CCN(Cc1cc(-c3ccccc3)no1)CC2. The van der Waals surface area contributed by atoms with Crippen molar-refractivity contribution in [2.24, 2.45) is 5.41 Å². The van der Waals surface area contributed by atoms with Crippen LogP contribution in [0.3, 0.4) is 0 Å². The van der Waals surface area contributed by atoms with Gasteiger partial charge in [0.25, 0.3) is 0 Å². The van der Waals surface area contributed by atoms with Crippen molar-refractivity contribution in [3.8, 4) is 11.3 Å². The van der Waals surface area contributed by atoms with E-state index < -0.39 is 0 Å². The molecule has 0 bridgehead atoms. The first-order valence-electron chi connectivity index (χ1n) is 9.24. The Morgan fingerprint density at radius 2 is 2.04 bits per heavy atom. The van der Waals surface area contributed by atoms with E-state index in [1.165, 1.54) is 0 Å². The molecule has 2 unspecified atom stereocenters. The minimum atomic E-state index is -0.207. The number of nitrogens with zero attached hydrogens (tertiary/aromatic N) is 2. The molecule has 5 heteroatoms. The summed E-state index contributed by atoms with van der Waals surface area (Å²) in [4.78, 5) is 2.38. The van der Waals surface area contributed by atoms with Gasteiger partial charge in [0.15, 0.2) is 5.76 Å². The average Bonchev–Trinajstić information content (AvgIpc) is 3.11. The number of aromatic nitrogens is 1. The highest BCUT2D eigenvalue weighted by atomic mass is 16.5. The summed E-state index contributed by atoms with van der Waals surface area (Å²) in [5.74, 6) is 0.894. The number of aliphatic hydroxyl groups excluding tert-OH is 1. The Morgan fingerprint density at radius 3 is 2.72 bits per heavy atom. The molecule has 4 rings (SSSR count). The third-order valence-corrected chi connectivity index (χ3v) is 5.90. The summed E-state index contributed by atoms with van der Waals surface area (Å²) >= 11 is 0. The van der Waals surface area contributed by atoms with Crippen LogP contribution < -0.4 is 0 Å². The first kappa shape index (κ1) is 16.8. The lowest BCUT2D eigenvalue weighted by molar-refractivity contribution is -0.210. The molecule has 1 spiro atoms. The van der Waals surface area contributed by atoms with Crippen LogP contribution in [0.2, 0.25) is 0 Å². The predicted octanol–water partition coefficient (Wildman–Crippen LogP) is 3.09. The van der Waals surface area contributed by atoms with E-state index in [9.17, 15) is 5.11 Å². The van der Waals surface area contributed by atoms with Gasteiger partial charge in [-0.05, 0) is 32.9 Å². The summed E-state index contributed by atoms with van der Waals surface area (Å²) in [6.07, 6.45) is 2.78. The van der Waals surface area contributed by atoms with Crippen LogP contribution in [0.4, 0.5) is 0 Å². The third-order valence-electron chi connectivity index (χ3n) is 5.90. The van der Waals surface area contributed by atoms with E-state index in [4.69, 9.17) is 9.26 Å². The fourth-order valence-corrected chi connectivity index (χ4v) is 4.30. The number of aliphatic hydroxyl groups is 1. The van der Waals surface area contributed by atoms with Gasteiger partial charge in [0.1, 0.15) is 5.69 Å². The number of hydrogen-bond donors (Lipinski definition) is 1. The summed E-state index contributed by atoms with van der Waals surface area (Å²) in [5.41, 5.74) is 1.94. The highest BCUT2D eigenvalue weighted by Gasteiger charge is 2.55. The van der Waals surface area contributed by atoms with Crippen molar-refractivity contribution in [2.75, 3.05) is 19.7 Å². The molecule has 2 atom stereocenters. The zero-order valence-electron chi connectivity index (χ0n) is 14.7. The van der Waals surface area contributed by atoms with Gasteiger partial charge in [0, 0.05) is 30.1 Å². The molecule has 1 aliphatic heterocycles. The molecule has 5 nitrogen and oxygen atoms in total. The molecule has 25 heavy (non-hydrogen) atoms. The molecule has 1 N–H and O–H groups in total. The molecule has 0 radical (unpaired) electrons. The second-order valence-corrected chi connectivity index (χ2v) is 7.25. The van der Waals surface area contributed by atoms with Crippen LogP contribution in [0.15, 0.2) is 40.9 Å². The number of likely N-dealkylation sites (tertiary alicyclic amines) is 1. The van der Waals surface area contributed by atoms with Crippen LogP contribution in [-0.4, -0.2) is 47.1 Å². The second kappa shape index (κ2) is 6.90. The van der Waals surface area contributed by atoms with Crippen molar-refractivity contribution < 1.29 is 14.4 Å². The first-order chi connectivity index (χ1) is 12.2. The minimum Gasteiger partial charge on any atom is -0.392 e. The summed E-state index contributed by atoms with van der Waals surface area (Å²) in [7, 11) is 0. The van der Waals surface area contributed by atoms with Gasteiger partial charge in [-0.3, -0.25) is 4.90 Å². The van der Waals surface area contributed by atoms with Gasteiger partial charge in [-0.25, -0.2) is 0 Å². The molecule has 2 aromatic rings. The van der Waals surface area contributed by atoms with Crippen LogP contribution in [0.1, 0.15) is 31.9 Å². The van der Waals surface area contributed by atoms with Crippen LogP contribution >= 0.6 is 0 Å². The zero-order valence-corrected chi connectivity index (χ0v) is 14.7. The van der Waals surface area contributed by atoms with Gasteiger partial charge >= 0.3 is 0 Å². The Labute approximate surface area is 148 Å². The molecule has 1 saturated heterocycles. The number of piperidine rings is 1. The maximum absolute atomic E-state index is 10.3. The Balaban J connectivity index is 1.36. The number of hydrogen-bond acceptors (Lipinski definition) is 5. The number of rotatable bonds is 5. The standard InChI is InChI=1S/C20H26N2O3/c1-2-24-19-13-18(23)20(19)8-10-22(11-9-20)14-16-12-17(21-25-16)15-6-4-3-5-7-15/h3-7,12,18-19,23H,2,8-11,13-14H2,1H3. The monoisotopic (exact) mass is 342 g/mol. The van der Waals surface area contributed by atoms with Crippen molar-refractivity contribution in [1.82, 2.24) is 10.1 Å². The van der Waals surface area contributed by atoms with E-state index in [1.54, 1.807) is 0 Å². The molecular formula is C20H26N2O3. The molecule has 0 amide bonds. The molecule has 1 aromatic heterocycles. The average molecular weight is 342 g/mol. The van der Waals surface area contributed by atoms with E-state index in [2.05, 4.69) is 10.1 Å². The lowest BCUT2D eigenvalue weighted by atomic mass is 9.58. The normalized spacial score (nSPS) is 25.8. The molecule has 2 aliphatic rings. The van der Waals surface area contributed by atoms with Crippen molar-refractivity contribution in [2.45, 2.75) is 44.9 Å². The van der Waals surface area contributed by atoms with Gasteiger partial charge in [-0.1, -0.05) is 35.5 Å². The maximum Gasteiger partial charge on any atom is 0.151 e. The first-order valence-corrected chi connectivity index (χ1v) is 9.24. The quantitative estimate of drug-likeness (QED) is 0.905. The highest BCUT2D eigenvalue weighted by Crippen LogP contribution is 2.51. The highest BCUT2D eigenvalue weighted by molar-refractivity contribution is 5.58. The summed E-state index contributed by atoms with van der Waals surface area (Å²) in [5, 5.41) is 14.5. The Bertz CT molecular complexity index is 690. The minimum absolute atomic E-state index is 0.0247. The summed E-state index contributed by atoms with van der Waals surface area (Å²) < 4.78 is 11.4. The molecule has 2 heterocycles. The predicted molar refractivity (Wildman–Crippen MR) is 94.9 cm³/mol. The molecule has 134 valence electrons. The van der Waals surface area contributed by atoms with Crippen molar-refractivity contribution >= 4 is 0 Å². The molecule has 2 fully saturated rings. The van der Waals surface area contributed by atoms with Gasteiger partial charge in [0.05, 0.1) is 18.8 Å². The smallest absolute Gasteiger partial charge is 0.151 e. The third kappa shape index (κ3) is 3.12. The molecule has 1 saturated carbocycles. The van der Waals surface area contributed by atoms with Crippen LogP contribution in [0.25, 0.3) is 11.3 Å². The van der Waals surface area contributed by atoms with Crippen molar-refractivity contribution in [3.63, 3.8) is 0 Å². The van der Waals surface area contributed by atoms with E-state index in [-0.39, 0.29) is 17.6 Å². The van der Waals surface area contributed by atoms with Crippen LogP contribution in [0.5, 0.6) is 0 Å². The van der Waals surface area contributed by atoms with Gasteiger partial charge < -0.3 is 14.4 Å². The van der Waals surface area contributed by atoms with E-state index in [0.29, 0.717) is 0 Å². The van der Waals surface area contributed by atoms with Crippen LogP contribution in [-0.2, 0) is 11.3 Å². The molecule has 1 aromatic carbocycles. The Kier molecular flexibility index (Phi) is 4.63. The van der Waals surface area contributed by atoms with Gasteiger partial charge in [-0.15, -0.1) is 0 Å². The largest absolute Gasteiger partial charge is 0.392 e. The van der Waals surface area contributed by atoms with E-state index >= 15 is 0 Å². The zero-order chi connectivity index (χ0) is 17.3. The maximum atomic E-state index is 10.3. The lowest BCUT2D eigenvalue weighted by Gasteiger charge is -2.56. The fourth-order valence-electron chi connectivity index (χ4n) is 4.30. The van der Waals surface area contributed by atoms with E-state index in [1.807, 2.05) is 43.3 Å². The summed E-state index contributed by atoms with van der Waals surface area (Å²) in [6.45, 7) is 5.44.